The number of nitro benzene ring substituents is 1. The summed E-state index contributed by atoms with van der Waals surface area (Å²) in [7, 11) is 1.69. The molecule has 1 aromatic rings. The Kier molecular flexibility index (Phi) is 4.09. The maximum Gasteiger partial charge on any atom is 0.294 e. The van der Waals surface area contributed by atoms with Crippen molar-refractivity contribution in [2.24, 2.45) is 0 Å². The van der Waals surface area contributed by atoms with Gasteiger partial charge in [0.15, 0.2) is 0 Å². The Bertz CT molecular complexity index is 398. The molecule has 1 atom stereocenters. The Morgan fingerprint density at radius 1 is 1.62 bits per heavy atom. The van der Waals surface area contributed by atoms with Gasteiger partial charge in [-0.3, -0.25) is 10.1 Å². The van der Waals surface area contributed by atoms with Crippen LogP contribution in [0, 0.1) is 10.1 Å². The van der Waals surface area contributed by atoms with E-state index in [0.717, 1.165) is 0 Å². The van der Waals surface area contributed by atoms with Crippen LogP contribution in [0.5, 0.6) is 0 Å². The van der Waals surface area contributed by atoms with Gasteiger partial charge in [-0.25, -0.2) is 0 Å². The molecule has 0 bridgehead atoms. The molecule has 6 heteroatoms. The summed E-state index contributed by atoms with van der Waals surface area (Å²) in [4.78, 5) is 12.0. The molecule has 1 aromatic carbocycles. The molecule has 0 aliphatic rings. The number of aliphatic hydroxyl groups excluding tert-OH is 1. The summed E-state index contributed by atoms with van der Waals surface area (Å²) >= 11 is 5.71. The van der Waals surface area contributed by atoms with Crippen molar-refractivity contribution in [3.8, 4) is 0 Å². The van der Waals surface area contributed by atoms with Gasteiger partial charge in [0, 0.05) is 24.2 Å². The topological polar surface area (TPSA) is 66.6 Å². The molecule has 1 unspecified atom stereocenters. The second kappa shape index (κ2) is 5.14. The number of aliphatic hydroxyl groups is 1. The molecule has 0 saturated carbocycles. The van der Waals surface area contributed by atoms with Gasteiger partial charge in [-0.2, -0.15) is 0 Å². The number of anilines is 1. The fourth-order valence-electron chi connectivity index (χ4n) is 1.30. The van der Waals surface area contributed by atoms with Crippen LogP contribution < -0.4 is 4.90 Å². The van der Waals surface area contributed by atoms with Gasteiger partial charge >= 0.3 is 0 Å². The maximum atomic E-state index is 10.8. The molecule has 16 heavy (non-hydrogen) atoms. The molecule has 0 saturated heterocycles. The quantitative estimate of drug-likeness (QED) is 0.650. The summed E-state index contributed by atoms with van der Waals surface area (Å²) in [5.74, 6) is 0. The molecule has 1 rings (SSSR count). The maximum absolute atomic E-state index is 10.8. The lowest BCUT2D eigenvalue weighted by atomic mass is 10.2. The molecule has 0 heterocycles. The van der Waals surface area contributed by atoms with Crippen LogP contribution in [0.3, 0.4) is 0 Å². The Balaban J connectivity index is 3.17. The minimum Gasteiger partial charge on any atom is -0.394 e. The standard InChI is InChI=1S/C10H13ClN2O3/c1-7(6-14)12(2)9-4-3-8(11)5-10(9)13(15)16/h3-5,7,14H,6H2,1-2H3. The summed E-state index contributed by atoms with van der Waals surface area (Å²) in [6, 6.07) is 4.27. The van der Waals surface area contributed by atoms with Crippen LogP contribution in [0.1, 0.15) is 6.92 Å². The molecular formula is C10H13ClN2O3. The molecule has 0 aromatic heterocycles. The zero-order valence-electron chi connectivity index (χ0n) is 9.05. The summed E-state index contributed by atoms with van der Waals surface area (Å²) in [5, 5.41) is 20.2. The second-order valence-electron chi connectivity index (χ2n) is 3.53. The van der Waals surface area contributed by atoms with Gasteiger partial charge in [-0.15, -0.1) is 0 Å². The highest BCUT2D eigenvalue weighted by atomic mass is 35.5. The third-order valence-corrected chi connectivity index (χ3v) is 2.67. The van der Waals surface area contributed by atoms with Crippen LogP contribution in [0.2, 0.25) is 5.02 Å². The van der Waals surface area contributed by atoms with Gasteiger partial charge in [-0.05, 0) is 19.1 Å². The molecule has 1 N–H and O–H groups in total. The number of hydrogen-bond donors (Lipinski definition) is 1. The first kappa shape index (κ1) is 12.7. The van der Waals surface area contributed by atoms with E-state index in [9.17, 15) is 10.1 Å². The van der Waals surface area contributed by atoms with Gasteiger partial charge in [0.25, 0.3) is 5.69 Å². The monoisotopic (exact) mass is 244 g/mol. The number of likely N-dealkylation sites (N-methyl/N-ethyl adjacent to an activating group) is 1. The van der Waals surface area contributed by atoms with Gasteiger partial charge < -0.3 is 10.0 Å². The molecule has 88 valence electrons. The molecule has 0 amide bonds. The number of halogens is 1. The molecule has 0 aliphatic carbocycles. The fourth-order valence-corrected chi connectivity index (χ4v) is 1.47. The fraction of sp³-hybridized carbons (Fsp3) is 0.400. The zero-order valence-corrected chi connectivity index (χ0v) is 9.81. The normalized spacial score (nSPS) is 12.2. The third kappa shape index (κ3) is 2.62. The largest absolute Gasteiger partial charge is 0.394 e. The summed E-state index contributed by atoms with van der Waals surface area (Å²) < 4.78 is 0. The third-order valence-electron chi connectivity index (χ3n) is 2.44. The number of benzene rings is 1. The van der Waals surface area contributed by atoms with Gasteiger partial charge in [0.2, 0.25) is 0 Å². The van der Waals surface area contributed by atoms with Gasteiger partial charge in [-0.1, -0.05) is 11.6 Å². The first-order valence-electron chi connectivity index (χ1n) is 4.75. The average Bonchev–Trinajstić information content (AvgIpc) is 2.26. The lowest BCUT2D eigenvalue weighted by molar-refractivity contribution is -0.384. The Labute approximate surface area is 98.4 Å². The predicted molar refractivity (Wildman–Crippen MR) is 63.1 cm³/mol. The van der Waals surface area contributed by atoms with Crippen molar-refractivity contribution in [3.05, 3.63) is 33.3 Å². The first-order chi connectivity index (χ1) is 7.47. The highest BCUT2D eigenvalue weighted by molar-refractivity contribution is 6.30. The van der Waals surface area contributed by atoms with Gasteiger partial charge in [0.05, 0.1) is 11.5 Å². The van der Waals surface area contributed by atoms with Crippen LogP contribution in [0.15, 0.2) is 18.2 Å². The Morgan fingerprint density at radius 2 is 2.25 bits per heavy atom. The summed E-state index contributed by atoms with van der Waals surface area (Å²) in [6.45, 7) is 1.70. The van der Waals surface area contributed by atoms with Crippen LogP contribution >= 0.6 is 11.6 Å². The van der Waals surface area contributed by atoms with Crippen molar-refractivity contribution in [1.29, 1.82) is 0 Å². The van der Waals surface area contributed by atoms with Crippen LogP contribution in [-0.2, 0) is 0 Å². The zero-order chi connectivity index (χ0) is 12.3. The van der Waals surface area contributed by atoms with Crippen molar-refractivity contribution < 1.29 is 10.0 Å². The summed E-state index contributed by atoms with van der Waals surface area (Å²) in [6.07, 6.45) is 0. The van der Waals surface area contributed by atoms with Crippen molar-refractivity contribution in [3.63, 3.8) is 0 Å². The number of hydrogen-bond acceptors (Lipinski definition) is 4. The number of nitro groups is 1. The van der Waals surface area contributed by atoms with E-state index in [1.807, 2.05) is 0 Å². The summed E-state index contributed by atoms with van der Waals surface area (Å²) in [5.41, 5.74) is 0.381. The SMILES string of the molecule is CC(CO)N(C)c1ccc(Cl)cc1[N+](=O)[O-]. The molecular weight excluding hydrogens is 232 g/mol. The highest BCUT2D eigenvalue weighted by Gasteiger charge is 2.20. The molecule has 0 aliphatic heterocycles. The van der Waals surface area contributed by atoms with E-state index in [2.05, 4.69) is 0 Å². The Morgan fingerprint density at radius 3 is 2.75 bits per heavy atom. The van der Waals surface area contributed by atoms with E-state index < -0.39 is 4.92 Å². The smallest absolute Gasteiger partial charge is 0.294 e. The molecule has 0 fully saturated rings. The second-order valence-corrected chi connectivity index (χ2v) is 3.97. The van der Waals surface area contributed by atoms with E-state index in [1.165, 1.54) is 6.07 Å². The number of rotatable bonds is 4. The predicted octanol–water partition coefficient (Wildman–Crippen LogP) is 2.07. The van der Waals surface area contributed by atoms with Gasteiger partial charge in [0.1, 0.15) is 5.69 Å². The van der Waals surface area contributed by atoms with Crippen LogP contribution in [0.4, 0.5) is 11.4 Å². The van der Waals surface area contributed by atoms with E-state index in [0.29, 0.717) is 10.7 Å². The van der Waals surface area contributed by atoms with Crippen molar-refractivity contribution in [2.45, 2.75) is 13.0 Å². The molecule has 0 spiro atoms. The molecule has 5 nitrogen and oxygen atoms in total. The minimum absolute atomic E-state index is 0.0599. The van der Waals surface area contributed by atoms with Crippen LogP contribution in [-0.4, -0.2) is 29.7 Å². The lowest BCUT2D eigenvalue weighted by Gasteiger charge is -2.24. The average molecular weight is 245 g/mol. The van der Waals surface area contributed by atoms with E-state index in [4.69, 9.17) is 16.7 Å². The van der Waals surface area contributed by atoms with E-state index in [1.54, 1.807) is 31.0 Å². The van der Waals surface area contributed by atoms with Crippen molar-refractivity contribution in [2.75, 3.05) is 18.6 Å². The highest BCUT2D eigenvalue weighted by Crippen LogP contribution is 2.31. The molecule has 0 radical (unpaired) electrons. The minimum atomic E-state index is -0.484. The van der Waals surface area contributed by atoms with Crippen LogP contribution in [0.25, 0.3) is 0 Å². The van der Waals surface area contributed by atoms with Crippen molar-refractivity contribution in [1.82, 2.24) is 0 Å². The Hall–Kier alpha value is -1.33. The van der Waals surface area contributed by atoms with E-state index in [-0.39, 0.29) is 18.3 Å². The lowest BCUT2D eigenvalue weighted by Crippen LogP contribution is -2.32. The first-order valence-corrected chi connectivity index (χ1v) is 5.12. The van der Waals surface area contributed by atoms with E-state index >= 15 is 0 Å². The van der Waals surface area contributed by atoms with Crippen molar-refractivity contribution >= 4 is 23.0 Å². The number of nitrogens with zero attached hydrogens (tertiary/aromatic N) is 2.